The number of rotatable bonds is 4. The molecule has 0 aromatic heterocycles. The molecule has 0 radical (unpaired) electrons. The quantitative estimate of drug-likeness (QED) is 0.897. The minimum absolute atomic E-state index is 0.204. The highest BCUT2D eigenvalue weighted by molar-refractivity contribution is 5.82. The van der Waals surface area contributed by atoms with E-state index >= 15 is 0 Å². The van der Waals surface area contributed by atoms with Crippen molar-refractivity contribution in [2.24, 2.45) is 0 Å². The molecule has 6 heteroatoms. The van der Waals surface area contributed by atoms with Crippen molar-refractivity contribution in [1.82, 2.24) is 10.2 Å². The first-order valence-corrected chi connectivity index (χ1v) is 7.63. The average Bonchev–Trinajstić information content (AvgIpc) is 2.51. The highest BCUT2D eigenvalue weighted by Gasteiger charge is 2.45. The Kier molecular flexibility index (Phi) is 4.42. The van der Waals surface area contributed by atoms with Crippen LogP contribution in [0.3, 0.4) is 0 Å². The number of nitrogens with zero attached hydrogens (tertiary/aromatic N) is 1. The smallest absolute Gasteiger partial charge is 0.251 e. The third-order valence-electron chi connectivity index (χ3n) is 4.34. The Morgan fingerprint density at radius 1 is 1.45 bits per heavy atom. The molecule has 2 saturated heterocycles. The lowest BCUT2D eigenvalue weighted by Crippen LogP contribution is -2.63. The summed E-state index contributed by atoms with van der Waals surface area (Å²) in [6, 6.07) is 6.49. The zero-order chi connectivity index (χ0) is 15.6. The number of halogens is 1. The summed E-state index contributed by atoms with van der Waals surface area (Å²) in [6.07, 6.45) is -0.516. The summed E-state index contributed by atoms with van der Waals surface area (Å²) in [5, 5.41) is 2.95. The molecular weight excluding hydrogens is 287 g/mol. The summed E-state index contributed by atoms with van der Waals surface area (Å²) in [7, 11) is 0. The molecule has 2 fully saturated rings. The van der Waals surface area contributed by atoms with E-state index in [-0.39, 0.29) is 24.9 Å². The van der Waals surface area contributed by atoms with Gasteiger partial charge < -0.3 is 14.8 Å². The number of morpholine rings is 1. The second-order valence-electron chi connectivity index (χ2n) is 5.80. The van der Waals surface area contributed by atoms with Gasteiger partial charge in [0.05, 0.1) is 19.8 Å². The highest BCUT2D eigenvalue weighted by atomic mass is 19.1. The van der Waals surface area contributed by atoms with Gasteiger partial charge in [0.25, 0.3) is 5.91 Å². The van der Waals surface area contributed by atoms with Crippen molar-refractivity contribution in [1.29, 1.82) is 0 Å². The number of likely N-dealkylation sites (N-methyl/N-ethyl adjacent to an activating group) is 1. The minimum Gasteiger partial charge on any atom is -0.376 e. The lowest BCUT2D eigenvalue weighted by Gasteiger charge is -2.43. The SMILES string of the molecule is CCN1CCOC(C(=O)NC2(c3ccccc3F)COC2)C1. The number of hydrogen-bond acceptors (Lipinski definition) is 4. The van der Waals surface area contributed by atoms with Gasteiger partial charge >= 0.3 is 0 Å². The zero-order valence-corrected chi connectivity index (χ0v) is 12.7. The number of ether oxygens (including phenoxy) is 2. The summed E-state index contributed by atoms with van der Waals surface area (Å²) in [5.74, 6) is -0.532. The molecule has 3 rings (SSSR count). The lowest BCUT2D eigenvalue weighted by molar-refractivity contribution is -0.150. The Balaban J connectivity index is 1.73. The Hall–Kier alpha value is -1.50. The molecule has 1 atom stereocenters. The molecule has 1 aromatic carbocycles. The first kappa shape index (κ1) is 15.4. The molecule has 0 spiro atoms. The third kappa shape index (κ3) is 2.86. The predicted octanol–water partition coefficient (Wildman–Crippen LogP) is 0.888. The van der Waals surface area contributed by atoms with Crippen molar-refractivity contribution in [3.8, 4) is 0 Å². The maximum atomic E-state index is 14.1. The fourth-order valence-corrected chi connectivity index (χ4v) is 2.92. The van der Waals surface area contributed by atoms with Crippen molar-refractivity contribution in [3.63, 3.8) is 0 Å². The van der Waals surface area contributed by atoms with Crippen LogP contribution in [0.25, 0.3) is 0 Å². The number of carbonyl (C=O) groups is 1. The van der Waals surface area contributed by atoms with Gasteiger partial charge in [-0.1, -0.05) is 25.1 Å². The molecule has 2 heterocycles. The number of amides is 1. The summed E-state index contributed by atoms with van der Waals surface area (Å²) < 4.78 is 24.9. The van der Waals surface area contributed by atoms with Crippen LogP contribution >= 0.6 is 0 Å². The van der Waals surface area contributed by atoms with Gasteiger partial charge in [0.2, 0.25) is 0 Å². The normalized spacial score (nSPS) is 24.5. The van der Waals surface area contributed by atoms with Gasteiger partial charge in [-0.05, 0) is 12.6 Å². The maximum absolute atomic E-state index is 14.1. The van der Waals surface area contributed by atoms with E-state index in [4.69, 9.17) is 9.47 Å². The van der Waals surface area contributed by atoms with Gasteiger partial charge in [-0.3, -0.25) is 9.69 Å². The Labute approximate surface area is 129 Å². The molecule has 5 nitrogen and oxygen atoms in total. The van der Waals surface area contributed by atoms with E-state index in [1.165, 1.54) is 6.07 Å². The fraction of sp³-hybridized carbons (Fsp3) is 0.562. The van der Waals surface area contributed by atoms with Crippen LogP contribution in [0.2, 0.25) is 0 Å². The van der Waals surface area contributed by atoms with E-state index in [0.29, 0.717) is 18.7 Å². The first-order valence-electron chi connectivity index (χ1n) is 7.63. The fourth-order valence-electron chi connectivity index (χ4n) is 2.92. The highest BCUT2D eigenvalue weighted by Crippen LogP contribution is 2.31. The minimum atomic E-state index is -0.778. The standard InChI is InChI=1S/C16H21FN2O3/c1-2-19-7-8-22-14(9-19)15(20)18-16(10-21-11-16)12-5-3-4-6-13(12)17/h3-6,14H,2,7-11H2,1H3,(H,18,20). The van der Waals surface area contributed by atoms with E-state index < -0.39 is 11.6 Å². The van der Waals surface area contributed by atoms with E-state index in [0.717, 1.165) is 13.1 Å². The van der Waals surface area contributed by atoms with Gasteiger partial charge in [0, 0.05) is 18.7 Å². The van der Waals surface area contributed by atoms with Crippen molar-refractivity contribution in [2.45, 2.75) is 18.6 Å². The summed E-state index contributed by atoms with van der Waals surface area (Å²) in [5.41, 5.74) is -0.307. The van der Waals surface area contributed by atoms with Crippen LogP contribution in [0.1, 0.15) is 12.5 Å². The Morgan fingerprint density at radius 2 is 2.23 bits per heavy atom. The molecule has 2 aliphatic heterocycles. The van der Waals surface area contributed by atoms with Crippen LogP contribution in [0.15, 0.2) is 24.3 Å². The van der Waals surface area contributed by atoms with Crippen molar-refractivity contribution < 1.29 is 18.7 Å². The van der Waals surface area contributed by atoms with Crippen LogP contribution in [0, 0.1) is 5.82 Å². The summed E-state index contributed by atoms with van der Waals surface area (Å²) in [4.78, 5) is 14.7. The van der Waals surface area contributed by atoms with Crippen molar-refractivity contribution >= 4 is 5.91 Å². The van der Waals surface area contributed by atoms with Crippen LogP contribution in [-0.2, 0) is 19.8 Å². The van der Waals surface area contributed by atoms with Gasteiger partial charge in [-0.25, -0.2) is 4.39 Å². The zero-order valence-electron chi connectivity index (χ0n) is 12.7. The van der Waals surface area contributed by atoms with E-state index in [1.54, 1.807) is 18.2 Å². The molecule has 1 amide bonds. The largest absolute Gasteiger partial charge is 0.376 e. The lowest BCUT2D eigenvalue weighted by atomic mass is 9.87. The van der Waals surface area contributed by atoms with Gasteiger partial charge in [-0.2, -0.15) is 0 Å². The molecule has 1 N–H and O–H groups in total. The van der Waals surface area contributed by atoms with E-state index in [1.807, 2.05) is 0 Å². The van der Waals surface area contributed by atoms with Crippen molar-refractivity contribution in [3.05, 3.63) is 35.6 Å². The van der Waals surface area contributed by atoms with Crippen LogP contribution in [0.4, 0.5) is 4.39 Å². The number of nitrogens with one attached hydrogen (secondary N) is 1. The van der Waals surface area contributed by atoms with Gasteiger partial charge in [-0.15, -0.1) is 0 Å². The van der Waals surface area contributed by atoms with Gasteiger partial charge in [0.1, 0.15) is 17.5 Å². The van der Waals surface area contributed by atoms with Crippen LogP contribution < -0.4 is 5.32 Å². The van der Waals surface area contributed by atoms with Crippen LogP contribution in [0.5, 0.6) is 0 Å². The topological polar surface area (TPSA) is 50.8 Å². The molecule has 2 aliphatic rings. The molecule has 0 bridgehead atoms. The van der Waals surface area contributed by atoms with E-state index in [2.05, 4.69) is 17.1 Å². The summed E-state index contributed by atoms with van der Waals surface area (Å²) >= 11 is 0. The summed E-state index contributed by atoms with van der Waals surface area (Å²) in [6.45, 7) is 5.44. The first-order chi connectivity index (χ1) is 10.6. The number of carbonyl (C=O) groups excluding carboxylic acids is 1. The monoisotopic (exact) mass is 308 g/mol. The Bertz CT molecular complexity index is 548. The van der Waals surface area contributed by atoms with Crippen LogP contribution in [-0.4, -0.2) is 56.4 Å². The molecule has 0 aliphatic carbocycles. The Morgan fingerprint density at radius 3 is 2.86 bits per heavy atom. The number of benzene rings is 1. The van der Waals surface area contributed by atoms with E-state index in [9.17, 15) is 9.18 Å². The van der Waals surface area contributed by atoms with Crippen molar-refractivity contribution in [2.75, 3.05) is 39.5 Å². The number of hydrogen-bond donors (Lipinski definition) is 1. The predicted molar refractivity (Wildman–Crippen MR) is 78.9 cm³/mol. The van der Waals surface area contributed by atoms with Gasteiger partial charge in [0.15, 0.2) is 0 Å². The molecule has 1 unspecified atom stereocenters. The maximum Gasteiger partial charge on any atom is 0.251 e. The molecule has 22 heavy (non-hydrogen) atoms. The second-order valence-corrected chi connectivity index (χ2v) is 5.80. The second kappa shape index (κ2) is 6.32. The molecular formula is C16H21FN2O3. The molecule has 120 valence electrons. The molecule has 1 aromatic rings. The molecule has 0 saturated carbocycles. The third-order valence-corrected chi connectivity index (χ3v) is 4.34. The average molecular weight is 308 g/mol.